The van der Waals surface area contributed by atoms with Crippen LogP contribution in [0.1, 0.15) is 27.7 Å². The van der Waals surface area contributed by atoms with E-state index in [1.165, 1.54) is 12.5 Å². The van der Waals surface area contributed by atoms with Gasteiger partial charge in [0.25, 0.3) is 11.5 Å². The first-order valence-electron chi connectivity index (χ1n) is 8.26. The molecule has 1 aromatic carbocycles. The minimum absolute atomic E-state index is 0.311. The Morgan fingerprint density at radius 2 is 1.92 bits per heavy atom. The molecule has 0 radical (unpaired) electrons. The van der Waals surface area contributed by atoms with Crippen LogP contribution in [0.5, 0.6) is 5.75 Å². The molecule has 2 heterocycles. The molecular formula is C18H21N5O3. The fourth-order valence-electron chi connectivity index (χ4n) is 2.45. The summed E-state index contributed by atoms with van der Waals surface area (Å²) in [5.41, 5.74) is 2.28. The largest absolute Gasteiger partial charge is 0.481 e. The van der Waals surface area contributed by atoms with E-state index in [9.17, 15) is 9.59 Å². The van der Waals surface area contributed by atoms with E-state index in [-0.39, 0.29) is 5.54 Å². The number of carbonyl (C=O) groups is 1. The van der Waals surface area contributed by atoms with Crippen LogP contribution >= 0.6 is 0 Å². The average molecular weight is 355 g/mol. The molecule has 136 valence electrons. The van der Waals surface area contributed by atoms with Crippen LogP contribution in [0.2, 0.25) is 0 Å². The summed E-state index contributed by atoms with van der Waals surface area (Å²) in [6.07, 6.45) is 1.96. The minimum atomic E-state index is -0.780. The van der Waals surface area contributed by atoms with Crippen LogP contribution in [0.4, 0.5) is 0 Å². The highest BCUT2D eigenvalue weighted by Gasteiger charge is 2.21. The molecule has 0 aliphatic rings. The van der Waals surface area contributed by atoms with Gasteiger partial charge in [-0.1, -0.05) is 18.2 Å². The molecule has 1 atom stereocenters. The second-order valence-electron chi connectivity index (χ2n) is 6.93. The molecule has 1 amide bonds. The molecule has 0 unspecified atom stereocenters. The molecule has 0 aliphatic heterocycles. The maximum absolute atomic E-state index is 12.6. The zero-order valence-corrected chi connectivity index (χ0v) is 15.1. The van der Waals surface area contributed by atoms with Crippen molar-refractivity contribution in [1.82, 2.24) is 19.4 Å². The van der Waals surface area contributed by atoms with Gasteiger partial charge in [0.1, 0.15) is 17.5 Å². The molecular weight excluding hydrogens is 334 g/mol. The maximum atomic E-state index is 12.6. The van der Waals surface area contributed by atoms with Crippen molar-refractivity contribution in [2.24, 2.45) is 0 Å². The Morgan fingerprint density at radius 1 is 1.23 bits per heavy atom. The monoisotopic (exact) mass is 355 g/mol. The molecule has 2 aromatic heterocycles. The first kappa shape index (κ1) is 17.7. The molecule has 0 aliphatic carbocycles. The predicted octanol–water partition coefficient (Wildman–Crippen LogP) is 1.89. The second kappa shape index (κ2) is 6.62. The van der Waals surface area contributed by atoms with Crippen LogP contribution in [-0.4, -0.2) is 31.5 Å². The van der Waals surface area contributed by atoms with Crippen LogP contribution in [0.3, 0.4) is 0 Å². The summed E-state index contributed by atoms with van der Waals surface area (Å²) in [5, 5.41) is 4.57. The number of rotatable bonds is 4. The number of nitrogens with zero attached hydrogens (tertiary/aromatic N) is 4. The smallest absolute Gasteiger partial charge is 0.283 e. The molecule has 3 aromatic rings. The summed E-state index contributed by atoms with van der Waals surface area (Å²) < 4.78 is 8.28. The van der Waals surface area contributed by atoms with Gasteiger partial charge in [-0.3, -0.25) is 15.0 Å². The van der Waals surface area contributed by atoms with Gasteiger partial charge in [0, 0.05) is 0 Å². The molecule has 8 heteroatoms. The number of benzene rings is 1. The zero-order chi connectivity index (χ0) is 18.9. The average Bonchev–Trinajstić information content (AvgIpc) is 3.03. The fourth-order valence-corrected chi connectivity index (χ4v) is 2.45. The number of amides is 1. The standard InChI is InChI=1S/C18H21N5O3/c1-12(26-13-8-6-5-7-9-13)16(24)21-22-11-19-15-14(17(22)25)10-20-23(15)18(2,3)4/h5-12H,1-4H3,(H,21,24)/t12-/m0/s1. The molecule has 26 heavy (non-hydrogen) atoms. The summed E-state index contributed by atoms with van der Waals surface area (Å²) in [6, 6.07) is 9.00. The third-order valence-electron chi connectivity index (χ3n) is 3.78. The van der Waals surface area contributed by atoms with Gasteiger partial charge < -0.3 is 4.74 Å². The van der Waals surface area contributed by atoms with Gasteiger partial charge in [-0.2, -0.15) is 5.10 Å². The van der Waals surface area contributed by atoms with Gasteiger partial charge in [-0.15, -0.1) is 0 Å². The Kier molecular flexibility index (Phi) is 4.50. The molecule has 0 saturated heterocycles. The molecule has 0 spiro atoms. The third kappa shape index (κ3) is 3.44. The van der Waals surface area contributed by atoms with E-state index < -0.39 is 17.6 Å². The van der Waals surface area contributed by atoms with Crippen molar-refractivity contribution in [2.75, 3.05) is 5.43 Å². The Balaban J connectivity index is 1.82. The first-order valence-corrected chi connectivity index (χ1v) is 8.26. The summed E-state index contributed by atoms with van der Waals surface area (Å²) in [7, 11) is 0. The lowest BCUT2D eigenvalue weighted by Gasteiger charge is -2.19. The van der Waals surface area contributed by atoms with Gasteiger partial charge >= 0.3 is 0 Å². The van der Waals surface area contributed by atoms with Gasteiger partial charge in [0.05, 0.1) is 11.7 Å². The molecule has 0 saturated carbocycles. The van der Waals surface area contributed by atoms with Crippen molar-refractivity contribution < 1.29 is 9.53 Å². The number of ether oxygens (including phenoxy) is 1. The summed E-state index contributed by atoms with van der Waals surface area (Å²) in [6.45, 7) is 7.52. The topological polar surface area (TPSA) is 91.0 Å². The highest BCUT2D eigenvalue weighted by atomic mass is 16.5. The van der Waals surface area contributed by atoms with Crippen LogP contribution in [-0.2, 0) is 10.3 Å². The van der Waals surface area contributed by atoms with Crippen molar-refractivity contribution >= 4 is 16.9 Å². The summed E-state index contributed by atoms with van der Waals surface area (Å²) >= 11 is 0. The Bertz CT molecular complexity index is 985. The first-order chi connectivity index (χ1) is 12.3. The minimum Gasteiger partial charge on any atom is -0.481 e. The van der Waals surface area contributed by atoms with E-state index >= 15 is 0 Å². The van der Waals surface area contributed by atoms with E-state index in [2.05, 4.69) is 15.5 Å². The molecule has 1 N–H and O–H groups in total. The van der Waals surface area contributed by atoms with E-state index in [1.54, 1.807) is 23.7 Å². The SMILES string of the molecule is C[C@H](Oc1ccccc1)C(=O)Nn1cnc2c(cnn2C(C)(C)C)c1=O. The van der Waals surface area contributed by atoms with Crippen molar-refractivity contribution in [1.29, 1.82) is 0 Å². The number of aromatic nitrogens is 4. The van der Waals surface area contributed by atoms with Gasteiger partial charge in [-0.25, -0.2) is 14.3 Å². The lowest BCUT2D eigenvalue weighted by molar-refractivity contribution is -0.123. The highest BCUT2D eigenvalue weighted by Crippen LogP contribution is 2.17. The fraction of sp³-hybridized carbons (Fsp3) is 0.333. The third-order valence-corrected chi connectivity index (χ3v) is 3.78. The van der Waals surface area contributed by atoms with Gasteiger partial charge in [0.15, 0.2) is 11.8 Å². The quantitative estimate of drug-likeness (QED) is 0.772. The van der Waals surface area contributed by atoms with Crippen molar-refractivity contribution in [3.8, 4) is 5.75 Å². The van der Waals surface area contributed by atoms with Crippen molar-refractivity contribution in [2.45, 2.75) is 39.3 Å². The number of nitrogens with one attached hydrogen (secondary N) is 1. The number of hydrogen-bond donors (Lipinski definition) is 1. The van der Waals surface area contributed by atoms with E-state index in [0.717, 1.165) is 4.68 Å². The van der Waals surface area contributed by atoms with Crippen LogP contribution < -0.4 is 15.7 Å². The number of fused-ring (bicyclic) bond motifs is 1. The lowest BCUT2D eigenvalue weighted by Crippen LogP contribution is -2.40. The Hall–Kier alpha value is -3.16. The highest BCUT2D eigenvalue weighted by molar-refractivity contribution is 5.88. The predicted molar refractivity (Wildman–Crippen MR) is 97.7 cm³/mol. The van der Waals surface area contributed by atoms with Gasteiger partial charge in [0.2, 0.25) is 0 Å². The molecule has 3 rings (SSSR count). The van der Waals surface area contributed by atoms with E-state index in [0.29, 0.717) is 16.8 Å². The lowest BCUT2D eigenvalue weighted by atomic mass is 10.1. The zero-order valence-electron chi connectivity index (χ0n) is 15.1. The normalized spacial score (nSPS) is 12.8. The number of carbonyl (C=O) groups excluding carboxylic acids is 1. The van der Waals surface area contributed by atoms with E-state index in [1.807, 2.05) is 39.0 Å². The Labute approximate surface area is 150 Å². The second-order valence-corrected chi connectivity index (χ2v) is 6.93. The summed E-state index contributed by atoms with van der Waals surface area (Å²) in [5.74, 6) is 0.114. The summed E-state index contributed by atoms with van der Waals surface area (Å²) in [4.78, 5) is 29.2. The van der Waals surface area contributed by atoms with Gasteiger partial charge in [-0.05, 0) is 39.8 Å². The number of para-hydroxylation sites is 1. The molecule has 0 bridgehead atoms. The van der Waals surface area contributed by atoms with Crippen LogP contribution in [0, 0.1) is 0 Å². The molecule has 0 fully saturated rings. The van der Waals surface area contributed by atoms with Crippen molar-refractivity contribution in [3.05, 3.63) is 53.2 Å². The maximum Gasteiger partial charge on any atom is 0.283 e. The molecule has 8 nitrogen and oxygen atoms in total. The van der Waals surface area contributed by atoms with Crippen molar-refractivity contribution in [3.63, 3.8) is 0 Å². The number of hydrogen-bond acceptors (Lipinski definition) is 5. The van der Waals surface area contributed by atoms with Crippen LogP contribution in [0.25, 0.3) is 11.0 Å². The Morgan fingerprint density at radius 3 is 2.58 bits per heavy atom. The van der Waals surface area contributed by atoms with Crippen LogP contribution in [0.15, 0.2) is 47.7 Å². The van der Waals surface area contributed by atoms with E-state index in [4.69, 9.17) is 4.74 Å².